The van der Waals surface area contributed by atoms with Crippen molar-refractivity contribution >= 4 is 5.82 Å². The maximum Gasteiger partial charge on any atom is 0.131 e. The van der Waals surface area contributed by atoms with Crippen molar-refractivity contribution in [2.24, 2.45) is 5.92 Å². The number of aromatic hydroxyl groups is 1. The van der Waals surface area contributed by atoms with Gasteiger partial charge in [0, 0.05) is 17.7 Å². The highest BCUT2D eigenvalue weighted by Crippen LogP contribution is 2.31. The highest BCUT2D eigenvalue weighted by Gasteiger charge is 2.12. The summed E-state index contributed by atoms with van der Waals surface area (Å²) in [5.74, 6) is 0.0696. The van der Waals surface area contributed by atoms with Gasteiger partial charge in [-0.15, -0.1) is 0 Å². The van der Waals surface area contributed by atoms with Crippen LogP contribution < -0.4 is 5.32 Å². The van der Waals surface area contributed by atoms with Gasteiger partial charge in [0.15, 0.2) is 0 Å². The number of phenolic OH excluding ortho intramolecular Hbond substituents is 1. The molecule has 0 spiro atoms. The van der Waals surface area contributed by atoms with E-state index < -0.39 is 11.6 Å². The van der Waals surface area contributed by atoms with Gasteiger partial charge in [0.1, 0.15) is 23.2 Å². The van der Waals surface area contributed by atoms with Crippen LogP contribution in [0.3, 0.4) is 0 Å². The van der Waals surface area contributed by atoms with E-state index in [0.29, 0.717) is 35.1 Å². The number of hydrogen-bond donors (Lipinski definition) is 2. The van der Waals surface area contributed by atoms with Crippen LogP contribution in [-0.4, -0.2) is 16.6 Å². The molecule has 1 aromatic heterocycles. The molecule has 3 rings (SSSR count). The molecule has 26 heavy (non-hydrogen) atoms. The van der Waals surface area contributed by atoms with Crippen LogP contribution in [-0.2, 0) is 0 Å². The molecule has 0 radical (unpaired) electrons. The van der Waals surface area contributed by atoms with Gasteiger partial charge in [0.05, 0.1) is 5.69 Å². The second-order valence-corrected chi connectivity index (χ2v) is 6.58. The minimum atomic E-state index is -0.506. The van der Waals surface area contributed by atoms with Crippen LogP contribution in [0.5, 0.6) is 5.75 Å². The fraction of sp³-hybridized carbons (Fsp3) is 0.190. The molecule has 3 aromatic rings. The van der Waals surface area contributed by atoms with Crippen LogP contribution in [0.25, 0.3) is 22.4 Å². The van der Waals surface area contributed by atoms with Gasteiger partial charge in [-0.2, -0.15) is 0 Å². The van der Waals surface area contributed by atoms with E-state index >= 15 is 0 Å². The van der Waals surface area contributed by atoms with E-state index in [1.165, 1.54) is 6.07 Å². The molecule has 0 atom stereocenters. The molecule has 3 nitrogen and oxygen atoms in total. The summed E-state index contributed by atoms with van der Waals surface area (Å²) in [6.07, 6.45) is 0. The number of pyridine rings is 1. The van der Waals surface area contributed by atoms with E-state index in [-0.39, 0.29) is 11.3 Å². The Hall–Kier alpha value is -2.95. The monoisotopic (exact) mass is 354 g/mol. The Balaban J connectivity index is 2.12. The van der Waals surface area contributed by atoms with Crippen molar-refractivity contribution in [1.29, 1.82) is 0 Å². The number of hydrogen-bond acceptors (Lipinski definition) is 3. The largest absolute Gasteiger partial charge is 0.508 e. The van der Waals surface area contributed by atoms with E-state index in [0.717, 1.165) is 12.1 Å². The average Bonchev–Trinajstić information content (AvgIpc) is 2.62. The maximum atomic E-state index is 14.3. The molecule has 0 aliphatic rings. The lowest BCUT2D eigenvalue weighted by Gasteiger charge is -2.13. The third-order valence-corrected chi connectivity index (χ3v) is 3.90. The molecule has 0 amide bonds. The summed E-state index contributed by atoms with van der Waals surface area (Å²) in [6.45, 7) is 4.83. The van der Waals surface area contributed by atoms with E-state index in [4.69, 9.17) is 0 Å². The summed E-state index contributed by atoms with van der Waals surface area (Å²) in [4.78, 5) is 4.56. The van der Waals surface area contributed by atoms with Gasteiger partial charge in [-0.05, 0) is 53.9 Å². The van der Waals surface area contributed by atoms with Crippen LogP contribution in [0, 0.1) is 17.6 Å². The molecule has 0 fully saturated rings. The molecule has 0 aliphatic carbocycles. The number of phenols is 1. The van der Waals surface area contributed by atoms with E-state index in [1.54, 1.807) is 36.4 Å². The number of rotatable bonds is 5. The van der Waals surface area contributed by atoms with Crippen molar-refractivity contribution in [3.63, 3.8) is 0 Å². The van der Waals surface area contributed by atoms with Crippen LogP contribution >= 0.6 is 0 Å². The second-order valence-electron chi connectivity index (χ2n) is 6.58. The highest BCUT2D eigenvalue weighted by atomic mass is 19.1. The highest BCUT2D eigenvalue weighted by molar-refractivity contribution is 5.74. The molecule has 1 heterocycles. The average molecular weight is 354 g/mol. The molecule has 2 N–H and O–H groups in total. The summed E-state index contributed by atoms with van der Waals surface area (Å²) in [5.41, 5.74) is 1.94. The summed E-state index contributed by atoms with van der Waals surface area (Å²) in [5, 5.41) is 13.0. The van der Waals surface area contributed by atoms with Crippen LogP contribution in [0.1, 0.15) is 13.8 Å². The third kappa shape index (κ3) is 4.17. The predicted octanol–water partition coefficient (Wildman–Crippen LogP) is 5.47. The molecule has 0 saturated carbocycles. The minimum absolute atomic E-state index is 0.114. The zero-order chi connectivity index (χ0) is 18.7. The number of nitrogens with zero attached hydrogens (tertiary/aromatic N) is 1. The Kier molecular flexibility index (Phi) is 5.16. The standard InChI is InChI=1S/C21H20F2N2O/c1-13(2)12-24-21-10-15(18-11-16(22)6-7-19(18)23)9-20(25-21)14-4-3-5-17(26)8-14/h3-11,13,26H,12H2,1-2H3,(H,24,25). The Morgan fingerprint density at radius 2 is 1.81 bits per heavy atom. The molecule has 0 aliphatic heterocycles. The van der Waals surface area contributed by atoms with Crippen molar-refractivity contribution in [3.05, 3.63) is 66.2 Å². The van der Waals surface area contributed by atoms with Crippen LogP contribution in [0.15, 0.2) is 54.6 Å². The first-order valence-electron chi connectivity index (χ1n) is 8.43. The van der Waals surface area contributed by atoms with E-state index in [2.05, 4.69) is 24.1 Å². The lowest BCUT2D eigenvalue weighted by Crippen LogP contribution is -2.09. The Morgan fingerprint density at radius 1 is 1.00 bits per heavy atom. The van der Waals surface area contributed by atoms with Crippen molar-refractivity contribution in [3.8, 4) is 28.1 Å². The summed E-state index contributed by atoms with van der Waals surface area (Å²) < 4.78 is 27.9. The topological polar surface area (TPSA) is 45.1 Å². The molecule has 2 aromatic carbocycles. The number of anilines is 1. The zero-order valence-electron chi connectivity index (χ0n) is 14.6. The van der Waals surface area contributed by atoms with Crippen molar-refractivity contribution < 1.29 is 13.9 Å². The predicted molar refractivity (Wildman–Crippen MR) is 100 cm³/mol. The minimum Gasteiger partial charge on any atom is -0.508 e. The Bertz CT molecular complexity index is 926. The molecular formula is C21H20F2N2O. The van der Waals surface area contributed by atoms with Gasteiger partial charge in [-0.25, -0.2) is 13.8 Å². The molecule has 5 heteroatoms. The van der Waals surface area contributed by atoms with E-state index in [9.17, 15) is 13.9 Å². The number of aromatic nitrogens is 1. The van der Waals surface area contributed by atoms with Crippen molar-refractivity contribution in [2.45, 2.75) is 13.8 Å². The second kappa shape index (κ2) is 7.52. The first-order valence-corrected chi connectivity index (χ1v) is 8.43. The molecule has 0 bridgehead atoms. The van der Waals surface area contributed by atoms with Gasteiger partial charge >= 0.3 is 0 Å². The van der Waals surface area contributed by atoms with Crippen molar-refractivity contribution in [2.75, 3.05) is 11.9 Å². The van der Waals surface area contributed by atoms with Gasteiger partial charge in [-0.3, -0.25) is 0 Å². The van der Waals surface area contributed by atoms with Gasteiger partial charge < -0.3 is 10.4 Å². The lowest BCUT2D eigenvalue weighted by atomic mass is 10.0. The Labute approximate surface area is 151 Å². The lowest BCUT2D eigenvalue weighted by molar-refractivity contribution is 0.475. The summed E-state index contributed by atoms with van der Waals surface area (Å²) >= 11 is 0. The maximum absolute atomic E-state index is 14.3. The molecule has 0 unspecified atom stereocenters. The summed E-state index contributed by atoms with van der Waals surface area (Å²) in [7, 11) is 0. The number of halogens is 2. The molecular weight excluding hydrogens is 334 g/mol. The van der Waals surface area contributed by atoms with E-state index in [1.807, 2.05) is 0 Å². The van der Waals surface area contributed by atoms with Crippen LogP contribution in [0.2, 0.25) is 0 Å². The molecule has 0 saturated heterocycles. The van der Waals surface area contributed by atoms with Gasteiger partial charge in [0.25, 0.3) is 0 Å². The Morgan fingerprint density at radius 3 is 2.54 bits per heavy atom. The fourth-order valence-corrected chi connectivity index (χ4v) is 2.62. The van der Waals surface area contributed by atoms with Gasteiger partial charge in [-0.1, -0.05) is 26.0 Å². The zero-order valence-corrected chi connectivity index (χ0v) is 14.6. The normalized spacial score (nSPS) is 11.0. The quantitative estimate of drug-likeness (QED) is 0.639. The smallest absolute Gasteiger partial charge is 0.131 e. The number of nitrogens with one attached hydrogen (secondary N) is 1. The number of benzene rings is 2. The SMILES string of the molecule is CC(C)CNc1cc(-c2cc(F)ccc2F)cc(-c2cccc(O)c2)n1. The first-order chi connectivity index (χ1) is 12.4. The third-order valence-electron chi connectivity index (χ3n) is 3.90. The van der Waals surface area contributed by atoms with Crippen molar-refractivity contribution in [1.82, 2.24) is 4.98 Å². The first kappa shape index (κ1) is 17.9. The molecule has 134 valence electrons. The van der Waals surface area contributed by atoms with Gasteiger partial charge in [0.2, 0.25) is 0 Å². The fourth-order valence-electron chi connectivity index (χ4n) is 2.62. The summed E-state index contributed by atoms with van der Waals surface area (Å²) in [6, 6.07) is 13.4. The van der Waals surface area contributed by atoms with Crippen LogP contribution in [0.4, 0.5) is 14.6 Å².